The van der Waals surface area contributed by atoms with Crippen molar-refractivity contribution in [2.45, 2.75) is 25.5 Å². The van der Waals surface area contributed by atoms with E-state index in [4.69, 9.17) is 0 Å². The quantitative estimate of drug-likeness (QED) is 0.705. The van der Waals surface area contributed by atoms with Gasteiger partial charge in [0.1, 0.15) is 0 Å². The molecule has 0 saturated heterocycles. The molecule has 2 amide bonds. The summed E-state index contributed by atoms with van der Waals surface area (Å²) in [5.74, 6) is -1.46. The van der Waals surface area contributed by atoms with E-state index in [0.29, 0.717) is 6.42 Å². The molecule has 2 aromatic carbocycles. The predicted octanol–water partition coefficient (Wildman–Crippen LogP) is 1.58. The number of amides is 2. The Hall–Kier alpha value is -2.66. The molecule has 0 radical (unpaired) electrons. The van der Waals surface area contributed by atoms with E-state index in [1.165, 1.54) is 0 Å². The fraction of sp³-hybridized carbons (Fsp3) is 0.263. The Balaban J connectivity index is 1.76. The first-order chi connectivity index (χ1) is 11.6. The van der Waals surface area contributed by atoms with Crippen molar-refractivity contribution in [2.24, 2.45) is 0 Å². The van der Waals surface area contributed by atoms with Crippen molar-refractivity contribution in [1.29, 1.82) is 0 Å². The van der Waals surface area contributed by atoms with Crippen LogP contribution >= 0.6 is 0 Å². The largest absolute Gasteiger partial charge is 0.391 e. The van der Waals surface area contributed by atoms with Crippen LogP contribution in [0.2, 0.25) is 0 Å². The molecule has 0 aliphatic heterocycles. The van der Waals surface area contributed by atoms with Gasteiger partial charge in [0.15, 0.2) is 0 Å². The van der Waals surface area contributed by atoms with Gasteiger partial charge < -0.3 is 15.7 Å². The summed E-state index contributed by atoms with van der Waals surface area (Å²) >= 11 is 0. The van der Waals surface area contributed by atoms with Gasteiger partial charge in [-0.3, -0.25) is 9.59 Å². The summed E-state index contributed by atoms with van der Waals surface area (Å²) in [7, 11) is 0. The second-order valence-electron chi connectivity index (χ2n) is 5.66. The topological polar surface area (TPSA) is 78.4 Å². The van der Waals surface area contributed by atoms with Gasteiger partial charge in [0.05, 0.1) is 12.1 Å². The Morgan fingerprint density at radius 2 is 1.54 bits per heavy atom. The molecule has 2 rings (SSSR count). The highest BCUT2D eigenvalue weighted by atomic mass is 16.3. The summed E-state index contributed by atoms with van der Waals surface area (Å²) in [4.78, 5) is 23.7. The fourth-order valence-electron chi connectivity index (χ4n) is 2.34. The molecule has 0 heterocycles. The highest BCUT2D eigenvalue weighted by Gasteiger charge is 2.17. The van der Waals surface area contributed by atoms with Crippen LogP contribution in [0.4, 0.5) is 0 Å². The van der Waals surface area contributed by atoms with Gasteiger partial charge in [0.2, 0.25) is 0 Å². The van der Waals surface area contributed by atoms with Crippen molar-refractivity contribution in [3.05, 3.63) is 71.8 Å². The van der Waals surface area contributed by atoms with Crippen LogP contribution in [0.1, 0.15) is 24.1 Å². The van der Waals surface area contributed by atoms with Gasteiger partial charge in [-0.05, 0) is 18.1 Å². The van der Waals surface area contributed by atoms with Crippen LogP contribution in [0.5, 0.6) is 0 Å². The summed E-state index contributed by atoms with van der Waals surface area (Å²) in [6.07, 6.45) is -0.320. The summed E-state index contributed by atoms with van der Waals surface area (Å²) in [5.41, 5.74) is 1.89. The second kappa shape index (κ2) is 8.84. The molecule has 0 spiro atoms. The third-order valence-corrected chi connectivity index (χ3v) is 3.67. The maximum atomic E-state index is 11.9. The molecule has 0 fully saturated rings. The monoisotopic (exact) mass is 326 g/mol. The smallest absolute Gasteiger partial charge is 0.309 e. The Labute approximate surface area is 141 Å². The van der Waals surface area contributed by atoms with Crippen LogP contribution in [-0.4, -0.2) is 29.6 Å². The SMILES string of the molecule is CC(NC(=O)C(=O)NCC(O)Cc1ccccc1)c1ccccc1. The minimum atomic E-state index is -0.745. The number of nitrogens with one attached hydrogen (secondary N) is 2. The summed E-state index contributed by atoms with van der Waals surface area (Å²) in [5, 5.41) is 15.0. The van der Waals surface area contributed by atoms with Gasteiger partial charge in [-0.15, -0.1) is 0 Å². The van der Waals surface area contributed by atoms with E-state index in [0.717, 1.165) is 11.1 Å². The van der Waals surface area contributed by atoms with Crippen LogP contribution in [-0.2, 0) is 16.0 Å². The molecule has 2 unspecified atom stereocenters. The van der Waals surface area contributed by atoms with Crippen LogP contribution in [0, 0.1) is 0 Å². The van der Waals surface area contributed by atoms with Gasteiger partial charge in [0, 0.05) is 13.0 Å². The van der Waals surface area contributed by atoms with Crippen molar-refractivity contribution in [1.82, 2.24) is 10.6 Å². The maximum Gasteiger partial charge on any atom is 0.309 e. The van der Waals surface area contributed by atoms with E-state index in [9.17, 15) is 14.7 Å². The van der Waals surface area contributed by atoms with Gasteiger partial charge in [-0.1, -0.05) is 60.7 Å². The third kappa shape index (κ3) is 5.52. The van der Waals surface area contributed by atoms with Crippen LogP contribution in [0.25, 0.3) is 0 Å². The normalized spacial score (nSPS) is 12.9. The number of carbonyl (C=O) groups excluding carboxylic acids is 2. The number of aliphatic hydroxyl groups is 1. The van der Waals surface area contributed by atoms with Gasteiger partial charge >= 0.3 is 11.8 Å². The molecule has 0 aliphatic carbocycles. The first-order valence-electron chi connectivity index (χ1n) is 7.92. The highest BCUT2D eigenvalue weighted by Crippen LogP contribution is 2.10. The van der Waals surface area contributed by atoms with Crippen molar-refractivity contribution < 1.29 is 14.7 Å². The summed E-state index contributed by atoms with van der Waals surface area (Å²) in [6, 6.07) is 18.6. The van der Waals surface area contributed by atoms with Crippen LogP contribution < -0.4 is 10.6 Å². The number of aliphatic hydroxyl groups excluding tert-OH is 1. The lowest BCUT2D eigenvalue weighted by Gasteiger charge is -2.15. The zero-order chi connectivity index (χ0) is 17.4. The predicted molar refractivity (Wildman–Crippen MR) is 92.2 cm³/mol. The average Bonchev–Trinajstić information content (AvgIpc) is 2.61. The highest BCUT2D eigenvalue weighted by molar-refractivity contribution is 6.35. The average molecular weight is 326 g/mol. The molecule has 5 nitrogen and oxygen atoms in total. The van der Waals surface area contributed by atoms with Gasteiger partial charge in [-0.2, -0.15) is 0 Å². The second-order valence-corrected chi connectivity index (χ2v) is 5.66. The van der Waals surface area contributed by atoms with Crippen molar-refractivity contribution in [3.63, 3.8) is 0 Å². The molecule has 2 aromatic rings. The maximum absolute atomic E-state index is 11.9. The summed E-state index contributed by atoms with van der Waals surface area (Å²) in [6.45, 7) is 1.84. The van der Waals surface area contributed by atoms with Crippen LogP contribution in [0.15, 0.2) is 60.7 Å². The first-order valence-corrected chi connectivity index (χ1v) is 7.92. The van der Waals surface area contributed by atoms with E-state index in [1.54, 1.807) is 0 Å². The molecule has 2 atom stereocenters. The molecule has 0 aromatic heterocycles. The van der Waals surface area contributed by atoms with Crippen molar-refractivity contribution in [3.8, 4) is 0 Å². The molecular formula is C19H22N2O3. The molecule has 24 heavy (non-hydrogen) atoms. The van der Waals surface area contributed by atoms with E-state index >= 15 is 0 Å². The minimum absolute atomic E-state index is 0.0286. The Morgan fingerprint density at radius 1 is 0.958 bits per heavy atom. The summed E-state index contributed by atoms with van der Waals surface area (Å²) < 4.78 is 0. The lowest BCUT2D eigenvalue weighted by molar-refractivity contribution is -0.139. The minimum Gasteiger partial charge on any atom is -0.391 e. The van der Waals surface area contributed by atoms with Crippen molar-refractivity contribution in [2.75, 3.05) is 6.54 Å². The molecular weight excluding hydrogens is 304 g/mol. The number of carbonyl (C=O) groups is 2. The lowest BCUT2D eigenvalue weighted by atomic mass is 10.1. The molecule has 3 N–H and O–H groups in total. The Kier molecular flexibility index (Phi) is 6.51. The van der Waals surface area contributed by atoms with E-state index in [-0.39, 0.29) is 12.6 Å². The zero-order valence-corrected chi connectivity index (χ0v) is 13.6. The Bertz CT molecular complexity index is 659. The van der Waals surface area contributed by atoms with E-state index in [2.05, 4.69) is 10.6 Å². The van der Waals surface area contributed by atoms with Crippen LogP contribution in [0.3, 0.4) is 0 Å². The van der Waals surface area contributed by atoms with E-state index < -0.39 is 17.9 Å². The number of hydrogen-bond donors (Lipinski definition) is 3. The third-order valence-electron chi connectivity index (χ3n) is 3.67. The molecule has 126 valence electrons. The van der Waals surface area contributed by atoms with Gasteiger partial charge in [0.25, 0.3) is 0 Å². The molecule has 0 saturated carbocycles. The molecule has 0 aliphatic rings. The van der Waals surface area contributed by atoms with E-state index in [1.807, 2.05) is 67.6 Å². The van der Waals surface area contributed by atoms with Crippen molar-refractivity contribution >= 4 is 11.8 Å². The molecule has 0 bridgehead atoms. The molecule has 5 heteroatoms. The number of hydrogen-bond acceptors (Lipinski definition) is 3. The fourth-order valence-corrected chi connectivity index (χ4v) is 2.34. The number of benzene rings is 2. The standard InChI is InChI=1S/C19H22N2O3/c1-14(16-10-6-3-7-11-16)21-19(24)18(23)20-13-17(22)12-15-8-4-2-5-9-15/h2-11,14,17,22H,12-13H2,1H3,(H,20,23)(H,21,24). The van der Waals surface area contributed by atoms with Gasteiger partial charge in [-0.25, -0.2) is 0 Å². The lowest BCUT2D eigenvalue weighted by Crippen LogP contribution is -2.43. The zero-order valence-electron chi connectivity index (χ0n) is 13.6. The number of rotatable bonds is 6. The Morgan fingerprint density at radius 3 is 2.17 bits per heavy atom. The first kappa shape index (κ1) is 17.7.